The molecule has 2 heterocycles. The molecule has 0 bridgehead atoms. The van der Waals surface area contributed by atoms with Gasteiger partial charge >= 0.3 is 5.97 Å². The van der Waals surface area contributed by atoms with Gasteiger partial charge in [0.15, 0.2) is 11.8 Å². The first-order valence-corrected chi connectivity index (χ1v) is 5.33. The van der Waals surface area contributed by atoms with E-state index in [0.29, 0.717) is 18.5 Å². The summed E-state index contributed by atoms with van der Waals surface area (Å²) in [5.41, 5.74) is 0.711. The molecule has 0 aliphatic heterocycles. The second-order valence-corrected chi connectivity index (χ2v) is 4.34. The lowest BCUT2D eigenvalue weighted by Crippen LogP contribution is -2.34. The zero-order valence-electron chi connectivity index (χ0n) is 8.95. The van der Waals surface area contributed by atoms with E-state index in [2.05, 4.69) is 9.97 Å². The maximum Gasteiger partial charge on any atom is 0.333 e. The van der Waals surface area contributed by atoms with Gasteiger partial charge in [-0.2, -0.15) is 0 Å². The van der Waals surface area contributed by atoms with Crippen molar-refractivity contribution in [1.82, 2.24) is 14.4 Å². The van der Waals surface area contributed by atoms with Crippen LogP contribution in [0.2, 0.25) is 0 Å². The summed E-state index contributed by atoms with van der Waals surface area (Å²) < 4.78 is 1.78. The molecule has 1 aliphatic carbocycles. The summed E-state index contributed by atoms with van der Waals surface area (Å²) in [6.07, 6.45) is 6.51. The van der Waals surface area contributed by atoms with E-state index in [9.17, 15) is 9.90 Å². The highest BCUT2D eigenvalue weighted by Gasteiger charge is 2.55. The molecular formula is C11H11N3O3. The van der Waals surface area contributed by atoms with E-state index in [4.69, 9.17) is 5.11 Å². The van der Waals surface area contributed by atoms with Gasteiger partial charge in [0.2, 0.25) is 0 Å². The largest absolute Gasteiger partial charge is 0.479 e. The summed E-state index contributed by atoms with van der Waals surface area (Å²) >= 11 is 0. The number of aliphatic hydroxyl groups is 1. The Morgan fingerprint density at radius 3 is 2.88 bits per heavy atom. The summed E-state index contributed by atoms with van der Waals surface area (Å²) in [5, 5.41) is 18.7. The third kappa shape index (κ3) is 1.34. The highest BCUT2D eigenvalue weighted by Crippen LogP contribution is 2.51. The molecule has 2 N–H and O–H groups in total. The van der Waals surface area contributed by atoms with Crippen molar-refractivity contribution in [3.05, 3.63) is 30.5 Å². The zero-order valence-corrected chi connectivity index (χ0v) is 8.95. The number of hydrogen-bond acceptors (Lipinski definition) is 4. The Hall–Kier alpha value is -1.95. The normalized spacial score (nSPS) is 19.1. The summed E-state index contributed by atoms with van der Waals surface area (Å²) in [5.74, 6) is -1.19. The van der Waals surface area contributed by atoms with Gasteiger partial charge < -0.3 is 14.6 Å². The fourth-order valence-corrected chi connectivity index (χ4v) is 2.25. The van der Waals surface area contributed by atoms with Crippen molar-refractivity contribution in [2.45, 2.75) is 24.4 Å². The molecule has 17 heavy (non-hydrogen) atoms. The number of aliphatic carboxylic acids is 1. The Kier molecular flexibility index (Phi) is 1.97. The average Bonchev–Trinajstić information content (AvgIpc) is 3.02. The average molecular weight is 233 g/mol. The number of rotatable bonds is 3. The molecule has 3 rings (SSSR count). The van der Waals surface area contributed by atoms with Crippen molar-refractivity contribution in [1.29, 1.82) is 0 Å². The molecule has 0 spiro atoms. The maximum atomic E-state index is 10.9. The minimum Gasteiger partial charge on any atom is -0.479 e. The number of nitrogens with zero attached hydrogens (tertiary/aromatic N) is 3. The van der Waals surface area contributed by atoms with Crippen molar-refractivity contribution < 1.29 is 15.0 Å². The molecule has 6 heteroatoms. The van der Waals surface area contributed by atoms with E-state index in [1.807, 2.05) is 0 Å². The van der Waals surface area contributed by atoms with Crippen LogP contribution in [-0.4, -0.2) is 36.7 Å². The Bertz CT molecular complexity index is 588. The molecule has 1 unspecified atom stereocenters. The van der Waals surface area contributed by atoms with Gasteiger partial charge in [-0.05, 0) is 12.8 Å². The number of aromatic nitrogens is 3. The van der Waals surface area contributed by atoms with Crippen LogP contribution >= 0.6 is 0 Å². The van der Waals surface area contributed by atoms with Gasteiger partial charge in [0.1, 0.15) is 0 Å². The highest BCUT2D eigenvalue weighted by atomic mass is 16.4. The molecule has 0 amide bonds. The fourth-order valence-electron chi connectivity index (χ4n) is 2.25. The second kappa shape index (κ2) is 3.27. The first-order chi connectivity index (χ1) is 8.15. The van der Waals surface area contributed by atoms with Gasteiger partial charge in [0, 0.05) is 24.0 Å². The highest BCUT2D eigenvalue weighted by molar-refractivity contribution is 5.75. The molecule has 1 fully saturated rings. The molecule has 0 radical (unpaired) electrons. The van der Waals surface area contributed by atoms with Crippen molar-refractivity contribution in [3.8, 4) is 0 Å². The number of carboxylic acid groups (broad SMARTS) is 1. The summed E-state index contributed by atoms with van der Waals surface area (Å²) in [7, 11) is 0. The number of fused-ring (bicyclic) bond motifs is 1. The lowest BCUT2D eigenvalue weighted by Gasteiger charge is -2.18. The van der Waals surface area contributed by atoms with E-state index in [1.54, 1.807) is 29.2 Å². The first kappa shape index (κ1) is 10.2. The van der Waals surface area contributed by atoms with Gasteiger partial charge in [0.25, 0.3) is 0 Å². The molecule has 1 atom stereocenters. The number of carbonyl (C=O) groups is 1. The third-order valence-corrected chi connectivity index (χ3v) is 3.37. The van der Waals surface area contributed by atoms with Crippen LogP contribution in [0.5, 0.6) is 0 Å². The summed E-state index contributed by atoms with van der Waals surface area (Å²) in [4.78, 5) is 19.0. The third-order valence-electron chi connectivity index (χ3n) is 3.37. The SMILES string of the molecule is O=C(O)C(O)C1(c2cnc3cnccn23)CC1. The smallest absolute Gasteiger partial charge is 0.333 e. The Balaban J connectivity index is 2.13. The van der Waals surface area contributed by atoms with Crippen LogP contribution in [0.15, 0.2) is 24.8 Å². The molecule has 1 saturated carbocycles. The molecule has 0 saturated heterocycles. The van der Waals surface area contributed by atoms with Gasteiger partial charge in [-0.15, -0.1) is 0 Å². The van der Waals surface area contributed by atoms with Gasteiger partial charge in [0.05, 0.1) is 11.9 Å². The van der Waals surface area contributed by atoms with Crippen LogP contribution in [0.1, 0.15) is 18.5 Å². The predicted molar refractivity (Wildman–Crippen MR) is 57.5 cm³/mol. The Morgan fingerprint density at radius 2 is 2.24 bits per heavy atom. The summed E-state index contributed by atoms with van der Waals surface area (Å²) in [6, 6.07) is 0. The molecule has 2 aromatic heterocycles. The van der Waals surface area contributed by atoms with E-state index in [-0.39, 0.29) is 0 Å². The van der Waals surface area contributed by atoms with E-state index >= 15 is 0 Å². The molecule has 88 valence electrons. The van der Waals surface area contributed by atoms with E-state index < -0.39 is 17.5 Å². The molecule has 6 nitrogen and oxygen atoms in total. The van der Waals surface area contributed by atoms with E-state index in [0.717, 1.165) is 5.69 Å². The van der Waals surface area contributed by atoms with Crippen LogP contribution in [0.25, 0.3) is 5.65 Å². The minimum atomic E-state index is -1.38. The van der Waals surface area contributed by atoms with Crippen LogP contribution in [0.3, 0.4) is 0 Å². The summed E-state index contributed by atoms with van der Waals surface area (Å²) in [6.45, 7) is 0. The monoisotopic (exact) mass is 233 g/mol. The van der Waals surface area contributed by atoms with Crippen LogP contribution < -0.4 is 0 Å². The van der Waals surface area contributed by atoms with Crippen molar-refractivity contribution >= 4 is 11.6 Å². The lowest BCUT2D eigenvalue weighted by molar-refractivity contribution is -0.148. The van der Waals surface area contributed by atoms with Crippen LogP contribution in [0, 0.1) is 0 Å². The molecule has 2 aromatic rings. The Labute approximate surface area is 96.6 Å². The molecule has 1 aliphatic rings. The lowest BCUT2D eigenvalue weighted by atomic mass is 9.95. The Morgan fingerprint density at radius 1 is 1.47 bits per heavy atom. The fraction of sp³-hybridized carbons (Fsp3) is 0.364. The zero-order chi connectivity index (χ0) is 12.0. The maximum absolute atomic E-state index is 10.9. The van der Waals surface area contributed by atoms with Gasteiger partial charge in [-0.1, -0.05) is 0 Å². The quantitative estimate of drug-likeness (QED) is 0.791. The van der Waals surface area contributed by atoms with Crippen molar-refractivity contribution in [3.63, 3.8) is 0 Å². The number of hydrogen-bond donors (Lipinski definition) is 2. The van der Waals surface area contributed by atoms with Crippen LogP contribution in [0.4, 0.5) is 0 Å². The standard InChI is InChI=1S/C11H11N3O3/c15-9(10(16)17)11(1-2-11)7-5-13-8-6-12-3-4-14(7)8/h3-6,9,15H,1-2H2,(H,16,17). The van der Waals surface area contributed by atoms with Gasteiger partial charge in [-0.3, -0.25) is 4.98 Å². The van der Waals surface area contributed by atoms with Gasteiger partial charge in [-0.25, -0.2) is 9.78 Å². The number of imidazole rings is 1. The molecule has 0 aromatic carbocycles. The molecular weight excluding hydrogens is 222 g/mol. The van der Waals surface area contributed by atoms with E-state index in [1.165, 1.54) is 0 Å². The number of aliphatic hydroxyl groups excluding tert-OH is 1. The minimum absolute atomic E-state index is 0.659. The first-order valence-electron chi connectivity index (χ1n) is 5.33. The van der Waals surface area contributed by atoms with Crippen molar-refractivity contribution in [2.24, 2.45) is 0 Å². The topological polar surface area (TPSA) is 87.7 Å². The predicted octanol–water partition coefficient (Wildman–Crippen LogP) is 0.206. The second-order valence-electron chi connectivity index (χ2n) is 4.34. The van der Waals surface area contributed by atoms with Crippen molar-refractivity contribution in [2.75, 3.05) is 0 Å². The van der Waals surface area contributed by atoms with Crippen LogP contribution in [-0.2, 0) is 10.2 Å². The number of carboxylic acids is 1.